The maximum atomic E-state index is 14.2. The van der Waals surface area contributed by atoms with Gasteiger partial charge in [-0.15, -0.1) is 0 Å². The molecule has 1 aromatic heterocycles. The van der Waals surface area contributed by atoms with E-state index in [4.69, 9.17) is 0 Å². The number of H-pyrrole nitrogens is 2. The van der Waals surface area contributed by atoms with Crippen LogP contribution in [0.25, 0.3) is 11.0 Å². The van der Waals surface area contributed by atoms with Crippen LogP contribution in [0.5, 0.6) is 0 Å². The van der Waals surface area contributed by atoms with Gasteiger partial charge in [0, 0.05) is 0 Å². The van der Waals surface area contributed by atoms with Crippen molar-refractivity contribution >= 4 is 17.0 Å². The zero-order valence-electron chi connectivity index (χ0n) is 9.97. The van der Waals surface area contributed by atoms with Gasteiger partial charge in [-0.2, -0.15) is 0 Å². The molecule has 0 aliphatic heterocycles. The highest BCUT2D eigenvalue weighted by Crippen LogP contribution is 2.35. The average molecular weight is 268 g/mol. The van der Waals surface area contributed by atoms with Crippen LogP contribution in [0.2, 0.25) is 0 Å². The zero-order chi connectivity index (χ0) is 13.7. The van der Waals surface area contributed by atoms with Gasteiger partial charge in [-0.05, 0) is 24.0 Å². The lowest BCUT2D eigenvalue weighted by Gasteiger charge is -2.04. The summed E-state index contributed by atoms with van der Waals surface area (Å²) in [6, 6.07) is 0. The second-order valence-electron chi connectivity index (χ2n) is 4.54. The molecule has 0 bridgehead atoms. The minimum atomic E-state index is -0.684. The molecule has 2 aromatic rings. The third-order valence-electron chi connectivity index (χ3n) is 3.50. The molecule has 1 aliphatic rings. The van der Waals surface area contributed by atoms with Gasteiger partial charge in [-0.3, -0.25) is 4.79 Å². The molecule has 3 rings (SSSR count). The first kappa shape index (κ1) is 11.9. The maximum Gasteiger partial charge on any atom is 0.323 e. The summed E-state index contributed by atoms with van der Waals surface area (Å²) in [6.07, 6.45) is 0.155. The van der Waals surface area contributed by atoms with Gasteiger partial charge in [0.2, 0.25) is 0 Å². The molecular weight excluding hydrogens is 258 g/mol. The predicted molar refractivity (Wildman–Crippen MR) is 61.7 cm³/mol. The smallest absolute Gasteiger partial charge is 0.323 e. The van der Waals surface area contributed by atoms with Crippen LogP contribution in [0.4, 0.5) is 8.78 Å². The third-order valence-corrected chi connectivity index (χ3v) is 3.50. The number of esters is 1. The van der Waals surface area contributed by atoms with E-state index in [2.05, 4.69) is 14.7 Å². The summed E-state index contributed by atoms with van der Waals surface area (Å²) in [5.41, 5.74) is -0.772. The van der Waals surface area contributed by atoms with Crippen LogP contribution < -0.4 is 5.69 Å². The van der Waals surface area contributed by atoms with E-state index in [1.807, 2.05) is 0 Å². The fourth-order valence-electron chi connectivity index (χ4n) is 2.60. The first-order chi connectivity index (χ1) is 9.02. The van der Waals surface area contributed by atoms with Gasteiger partial charge in [0.15, 0.2) is 11.6 Å². The molecule has 0 amide bonds. The minimum absolute atomic E-state index is 0.0773. The number of carbonyl (C=O) groups excluding carboxylic acids is 1. The van der Waals surface area contributed by atoms with Gasteiger partial charge in [-0.25, -0.2) is 13.6 Å². The Balaban J connectivity index is 2.21. The van der Waals surface area contributed by atoms with Crippen molar-refractivity contribution in [1.29, 1.82) is 0 Å². The first-order valence-corrected chi connectivity index (χ1v) is 5.71. The standard InChI is InChI=1S/C12H10F2N2O3/c1-19-11(17)4-2-5-6(3-4)8(14)10-9(7(5)13)15-12(18)16-10/h4H,2-3H2,1H3,(H2,15,16,18). The Morgan fingerprint density at radius 1 is 1.16 bits per heavy atom. The van der Waals surface area contributed by atoms with Gasteiger partial charge in [0.1, 0.15) is 11.0 Å². The maximum absolute atomic E-state index is 14.2. The molecule has 1 aromatic carbocycles. The molecular formula is C12H10F2N2O3. The molecule has 1 heterocycles. The van der Waals surface area contributed by atoms with Crippen LogP contribution in [-0.4, -0.2) is 23.0 Å². The molecule has 0 radical (unpaired) electrons. The lowest BCUT2D eigenvalue weighted by molar-refractivity contribution is -0.145. The van der Waals surface area contributed by atoms with E-state index in [1.165, 1.54) is 7.11 Å². The van der Waals surface area contributed by atoms with Gasteiger partial charge in [-0.1, -0.05) is 0 Å². The molecule has 0 fully saturated rings. The summed E-state index contributed by atoms with van der Waals surface area (Å²) in [4.78, 5) is 27.0. The van der Waals surface area contributed by atoms with Crippen molar-refractivity contribution in [2.75, 3.05) is 7.11 Å². The number of hydrogen-bond donors (Lipinski definition) is 2. The topological polar surface area (TPSA) is 75.0 Å². The summed E-state index contributed by atoms with van der Waals surface area (Å²) < 4.78 is 33.0. The van der Waals surface area contributed by atoms with Crippen molar-refractivity contribution in [3.05, 3.63) is 33.2 Å². The van der Waals surface area contributed by atoms with Gasteiger partial charge in [0.05, 0.1) is 13.0 Å². The molecule has 100 valence electrons. The largest absolute Gasteiger partial charge is 0.469 e. The van der Waals surface area contributed by atoms with Crippen molar-refractivity contribution in [3.8, 4) is 0 Å². The molecule has 7 heteroatoms. The molecule has 19 heavy (non-hydrogen) atoms. The molecule has 0 atom stereocenters. The number of halogens is 2. The van der Waals surface area contributed by atoms with Crippen LogP contribution >= 0.6 is 0 Å². The van der Waals surface area contributed by atoms with Gasteiger partial charge >= 0.3 is 11.7 Å². The highest BCUT2D eigenvalue weighted by Gasteiger charge is 2.34. The predicted octanol–water partition coefficient (Wildman–Crippen LogP) is 1.02. The number of hydrogen-bond acceptors (Lipinski definition) is 3. The Morgan fingerprint density at radius 2 is 1.63 bits per heavy atom. The SMILES string of the molecule is COC(=O)C1Cc2c(c(F)c3[nH]c(=O)[nH]c3c2F)C1. The van der Waals surface area contributed by atoms with E-state index < -0.39 is 29.2 Å². The molecule has 0 saturated heterocycles. The van der Waals surface area contributed by atoms with Crippen molar-refractivity contribution in [2.24, 2.45) is 5.92 Å². The molecule has 0 unspecified atom stereocenters. The average Bonchev–Trinajstić information content (AvgIpc) is 2.99. The number of imidazole rings is 1. The van der Waals surface area contributed by atoms with E-state index in [0.29, 0.717) is 0 Å². The van der Waals surface area contributed by atoms with Crippen LogP contribution in [-0.2, 0) is 22.4 Å². The monoisotopic (exact) mass is 268 g/mol. The van der Waals surface area contributed by atoms with E-state index >= 15 is 0 Å². The third kappa shape index (κ3) is 1.57. The van der Waals surface area contributed by atoms with Gasteiger partial charge < -0.3 is 14.7 Å². The summed E-state index contributed by atoms with van der Waals surface area (Å²) in [7, 11) is 1.24. The van der Waals surface area contributed by atoms with E-state index in [0.717, 1.165) is 0 Å². The first-order valence-electron chi connectivity index (χ1n) is 5.71. The second kappa shape index (κ2) is 3.91. The number of nitrogens with one attached hydrogen (secondary N) is 2. The number of fused-ring (bicyclic) bond motifs is 2. The summed E-state index contributed by atoms with van der Waals surface area (Å²) in [5, 5.41) is 0. The summed E-state index contributed by atoms with van der Waals surface area (Å²) >= 11 is 0. The fraction of sp³-hybridized carbons (Fsp3) is 0.333. The number of ether oxygens (including phenoxy) is 1. The van der Waals surface area contributed by atoms with Crippen molar-refractivity contribution in [3.63, 3.8) is 0 Å². The second-order valence-corrected chi connectivity index (χ2v) is 4.54. The van der Waals surface area contributed by atoms with Crippen LogP contribution in [0.3, 0.4) is 0 Å². The number of aromatic nitrogens is 2. The fourth-order valence-corrected chi connectivity index (χ4v) is 2.60. The zero-order valence-corrected chi connectivity index (χ0v) is 9.97. The number of aromatic amines is 2. The van der Waals surface area contributed by atoms with E-state index in [1.54, 1.807) is 0 Å². The number of carbonyl (C=O) groups is 1. The lowest BCUT2D eigenvalue weighted by Crippen LogP contribution is -2.16. The van der Waals surface area contributed by atoms with Crippen molar-refractivity contribution < 1.29 is 18.3 Å². The Bertz CT molecular complexity index is 695. The van der Waals surface area contributed by atoms with Crippen LogP contribution in [0.1, 0.15) is 11.1 Å². The normalized spacial score (nSPS) is 14.9. The number of rotatable bonds is 1. The summed E-state index contributed by atoms with van der Waals surface area (Å²) in [5.74, 6) is -2.44. The van der Waals surface area contributed by atoms with Gasteiger partial charge in [0.25, 0.3) is 0 Å². The Labute approximate surface area is 105 Å². The van der Waals surface area contributed by atoms with Crippen molar-refractivity contribution in [1.82, 2.24) is 9.97 Å². The highest BCUT2D eigenvalue weighted by molar-refractivity contribution is 5.81. The van der Waals surface area contributed by atoms with Crippen molar-refractivity contribution in [2.45, 2.75) is 12.8 Å². The molecule has 5 nitrogen and oxygen atoms in total. The van der Waals surface area contributed by atoms with E-state index in [-0.39, 0.29) is 35.0 Å². The Morgan fingerprint density at radius 3 is 2.05 bits per heavy atom. The molecule has 1 aliphatic carbocycles. The Hall–Kier alpha value is -2.18. The molecule has 0 saturated carbocycles. The number of methoxy groups -OCH3 is 1. The highest BCUT2D eigenvalue weighted by atomic mass is 19.1. The Kier molecular flexibility index (Phi) is 2.44. The van der Waals surface area contributed by atoms with E-state index in [9.17, 15) is 18.4 Å². The van der Waals surface area contributed by atoms with Crippen LogP contribution in [0.15, 0.2) is 4.79 Å². The minimum Gasteiger partial charge on any atom is -0.469 e. The summed E-state index contributed by atoms with van der Waals surface area (Å²) in [6.45, 7) is 0. The number of benzene rings is 1. The molecule has 0 spiro atoms. The lowest BCUT2D eigenvalue weighted by atomic mass is 10.1. The molecule has 2 N–H and O–H groups in total. The quantitative estimate of drug-likeness (QED) is 0.758. The van der Waals surface area contributed by atoms with Crippen LogP contribution in [0, 0.1) is 17.6 Å².